The fraction of sp³-hybridized carbons (Fsp3) is 0.733. The van der Waals surface area contributed by atoms with E-state index in [-0.39, 0.29) is 17.2 Å². The van der Waals surface area contributed by atoms with Crippen LogP contribution in [0.1, 0.15) is 57.4 Å². The van der Waals surface area contributed by atoms with Crippen LogP contribution in [0.25, 0.3) is 0 Å². The number of ether oxygens (including phenoxy) is 1. The molecule has 2 unspecified atom stereocenters. The Morgan fingerprint density at radius 1 is 1.55 bits per heavy atom. The first-order chi connectivity index (χ1) is 9.30. The molecule has 0 aromatic carbocycles. The number of esters is 1. The van der Waals surface area contributed by atoms with Crippen molar-refractivity contribution in [2.24, 2.45) is 11.3 Å². The molecule has 0 saturated heterocycles. The third-order valence-corrected chi connectivity index (χ3v) is 3.93. The molecule has 1 fully saturated rings. The predicted octanol–water partition coefficient (Wildman–Crippen LogP) is 2.86. The fourth-order valence-electron chi connectivity index (χ4n) is 3.31. The van der Waals surface area contributed by atoms with Gasteiger partial charge in [0.25, 0.3) is 0 Å². The zero-order valence-corrected chi connectivity index (χ0v) is 12.8. The highest BCUT2D eigenvalue weighted by Crippen LogP contribution is 2.39. The van der Waals surface area contributed by atoms with Crippen molar-refractivity contribution in [1.29, 1.82) is 0 Å². The van der Waals surface area contributed by atoms with E-state index in [2.05, 4.69) is 25.9 Å². The maximum Gasteiger partial charge on any atom is 0.361 e. The summed E-state index contributed by atoms with van der Waals surface area (Å²) in [5, 5.41) is 4.17. The molecule has 1 aliphatic carbocycles. The Labute approximate surface area is 120 Å². The summed E-state index contributed by atoms with van der Waals surface area (Å²) >= 11 is 0. The molecule has 0 bridgehead atoms. The molecule has 2 atom stereocenters. The van der Waals surface area contributed by atoms with Crippen LogP contribution in [-0.4, -0.2) is 21.9 Å². The summed E-state index contributed by atoms with van der Waals surface area (Å²) in [5.74, 6) is 0.173. The van der Waals surface area contributed by atoms with Crippen LogP contribution in [-0.2, 0) is 11.3 Å². The van der Waals surface area contributed by atoms with E-state index in [4.69, 9.17) is 10.5 Å². The number of aryl methyl sites for hydroxylation is 1. The smallest absolute Gasteiger partial charge is 0.361 e. The van der Waals surface area contributed by atoms with E-state index in [1.54, 1.807) is 10.9 Å². The Kier molecular flexibility index (Phi) is 4.06. The van der Waals surface area contributed by atoms with Crippen molar-refractivity contribution < 1.29 is 9.53 Å². The molecule has 1 aromatic rings. The van der Waals surface area contributed by atoms with E-state index < -0.39 is 5.97 Å². The molecule has 1 saturated carbocycles. The molecule has 0 radical (unpaired) electrons. The maximum atomic E-state index is 12.2. The summed E-state index contributed by atoms with van der Waals surface area (Å²) in [7, 11) is 0. The number of nitrogens with zero attached hydrogens (tertiary/aromatic N) is 2. The lowest BCUT2D eigenvalue weighted by Gasteiger charge is -2.38. The molecule has 20 heavy (non-hydrogen) atoms. The summed E-state index contributed by atoms with van der Waals surface area (Å²) < 4.78 is 7.28. The first-order valence-corrected chi connectivity index (χ1v) is 7.34. The fourth-order valence-corrected chi connectivity index (χ4v) is 3.31. The number of rotatable bonds is 3. The van der Waals surface area contributed by atoms with Gasteiger partial charge in [-0.25, -0.2) is 4.79 Å². The predicted molar refractivity (Wildman–Crippen MR) is 78.3 cm³/mol. The van der Waals surface area contributed by atoms with Crippen molar-refractivity contribution in [3.8, 4) is 0 Å². The van der Waals surface area contributed by atoms with Crippen molar-refractivity contribution >= 4 is 11.7 Å². The van der Waals surface area contributed by atoms with E-state index in [1.165, 1.54) is 6.42 Å². The minimum Gasteiger partial charge on any atom is -0.458 e. The third-order valence-electron chi connectivity index (χ3n) is 3.93. The number of carbonyl (C=O) groups is 1. The molecule has 0 spiro atoms. The Hall–Kier alpha value is -1.52. The molecule has 1 heterocycles. The average molecular weight is 279 g/mol. The summed E-state index contributed by atoms with van der Waals surface area (Å²) in [6.07, 6.45) is 4.63. The number of nitrogen functional groups attached to an aromatic ring is 1. The molecule has 2 rings (SSSR count). The lowest BCUT2D eigenvalue weighted by molar-refractivity contribution is -0.00763. The second-order valence-electron chi connectivity index (χ2n) is 6.73. The molecule has 0 amide bonds. The van der Waals surface area contributed by atoms with Crippen LogP contribution in [0.15, 0.2) is 6.20 Å². The van der Waals surface area contributed by atoms with Crippen LogP contribution in [0.2, 0.25) is 0 Å². The van der Waals surface area contributed by atoms with Gasteiger partial charge in [-0.1, -0.05) is 20.8 Å². The SMILES string of the molecule is CCn1cc(N)c(C(=O)OC2CC(C)CC(C)(C)C2)n1. The van der Waals surface area contributed by atoms with Crippen LogP contribution in [0, 0.1) is 11.3 Å². The highest BCUT2D eigenvalue weighted by molar-refractivity contribution is 5.92. The lowest BCUT2D eigenvalue weighted by atomic mass is 9.71. The van der Waals surface area contributed by atoms with Crippen LogP contribution < -0.4 is 5.73 Å². The minimum atomic E-state index is -0.399. The van der Waals surface area contributed by atoms with Crippen molar-refractivity contribution in [3.63, 3.8) is 0 Å². The highest BCUT2D eigenvalue weighted by Gasteiger charge is 2.34. The van der Waals surface area contributed by atoms with Crippen LogP contribution in [0.3, 0.4) is 0 Å². The monoisotopic (exact) mass is 279 g/mol. The normalized spacial score (nSPS) is 25.4. The van der Waals surface area contributed by atoms with Gasteiger partial charge >= 0.3 is 5.97 Å². The minimum absolute atomic E-state index is 0.0348. The second-order valence-corrected chi connectivity index (χ2v) is 6.73. The molecule has 2 N–H and O–H groups in total. The zero-order chi connectivity index (χ0) is 14.9. The van der Waals surface area contributed by atoms with Gasteiger partial charge < -0.3 is 10.5 Å². The van der Waals surface area contributed by atoms with Crippen LogP contribution in [0.5, 0.6) is 0 Å². The quantitative estimate of drug-likeness (QED) is 0.864. The van der Waals surface area contributed by atoms with Gasteiger partial charge in [-0.15, -0.1) is 0 Å². The summed E-state index contributed by atoms with van der Waals surface area (Å²) in [6, 6.07) is 0. The molecule has 1 aromatic heterocycles. The molecule has 0 aliphatic heterocycles. The average Bonchev–Trinajstić information content (AvgIpc) is 2.67. The van der Waals surface area contributed by atoms with Gasteiger partial charge in [0, 0.05) is 12.7 Å². The summed E-state index contributed by atoms with van der Waals surface area (Å²) in [5.41, 5.74) is 6.67. The first kappa shape index (κ1) is 14.9. The van der Waals surface area contributed by atoms with Gasteiger partial charge in [0.05, 0.1) is 5.69 Å². The van der Waals surface area contributed by atoms with Crippen LogP contribution >= 0.6 is 0 Å². The van der Waals surface area contributed by atoms with E-state index in [0.29, 0.717) is 18.2 Å². The number of aromatic nitrogens is 2. The molecular weight excluding hydrogens is 254 g/mol. The van der Waals surface area contributed by atoms with Crippen molar-refractivity contribution in [3.05, 3.63) is 11.9 Å². The number of carbonyl (C=O) groups excluding carboxylic acids is 1. The van der Waals surface area contributed by atoms with Gasteiger partial charge in [-0.05, 0) is 37.5 Å². The van der Waals surface area contributed by atoms with Gasteiger partial charge in [-0.3, -0.25) is 4.68 Å². The Bertz CT molecular complexity index is 493. The Morgan fingerprint density at radius 3 is 2.80 bits per heavy atom. The first-order valence-electron chi connectivity index (χ1n) is 7.34. The summed E-state index contributed by atoms with van der Waals surface area (Å²) in [6.45, 7) is 9.30. The number of hydrogen-bond acceptors (Lipinski definition) is 4. The molecule has 5 heteroatoms. The molecule has 5 nitrogen and oxygen atoms in total. The van der Waals surface area contributed by atoms with E-state index in [0.717, 1.165) is 12.8 Å². The Balaban J connectivity index is 2.05. The van der Waals surface area contributed by atoms with Crippen molar-refractivity contribution in [2.75, 3.05) is 5.73 Å². The number of hydrogen-bond donors (Lipinski definition) is 1. The Morgan fingerprint density at radius 2 is 2.25 bits per heavy atom. The lowest BCUT2D eigenvalue weighted by Crippen LogP contribution is -2.34. The van der Waals surface area contributed by atoms with Crippen molar-refractivity contribution in [2.45, 2.75) is 59.6 Å². The highest BCUT2D eigenvalue weighted by atomic mass is 16.5. The van der Waals surface area contributed by atoms with Crippen molar-refractivity contribution in [1.82, 2.24) is 9.78 Å². The molecule has 1 aliphatic rings. The molecule has 112 valence electrons. The van der Waals surface area contributed by atoms with Gasteiger partial charge in [0.15, 0.2) is 5.69 Å². The van der Waals surface area contributed by atoms with E-state index >= 15 is 0 Å². The molecular formula is C15H25N3O2. The van der Waals surface area contributed by atoms with Gasteiger partial charge in [0.2, 0.25) is 0 Å². The maximum absolute atomic E-state index is 12.2. The standard InChI is InChI=1S/C15H25N3O2/c1-5-18-9-12(16)13(17-18)14(19)20-11-6-10(2)7-15(3,4)8-11/h9-11H,5-8,16H2,1-4H3. The van der Waals surface area contributed by atoms with Crippen LogP contribution in [0.4, 0.5) is 5.69 Å². The zero-order valence-electron chi connectivity index (χ0n) is 12.8. The largest absolute Gasteiger partial charge is 0.458 e. The topological polar surface area (TPSA) is 70.1 Å². The van der Waals surface area contributed by atoms with Gasteiger partial charge in [-0.2, -0.15) is 5.10 Å². The second kappa shape index (κ2) is 5.46. The summed E-state index contributed by atoms with van der Waals surface area (Å²) in [4.78, 5) is 12.2. The van der Waals surface area contributed by atoms with E-state index in [9.17, 15) is 4.79 Å². The van der Waals surface area contributed by atoms with Gasteiger partial charge in [0.1, 0.15) is 6.10 Å². The number of anilines is 1. The number of nitrogens with two attached hydrogens (primary N) is 1. The van der Waals surface area contributed by atoms with E-state index in [1.807, 2.05) is 6.92 Å². The third kappa shape index (κ3) is 3.32.